The second-order valence-corrected chi connectivity index (χ2v) is 4.15. The minimum Gasteiger partial charge on any atom is -0.507 e. The molecule has 3 N–H and O–H groups in total. The van der Waals surface area contributed by atoms with Crippen LogP contribution in [-0.2, 0) is 11.2 Å². The molecule has 0 unspecified atom stereocenters. The molecule has 0 fully saturated rings. The first-order valence-corrected chi connectivity index (χ1v) is 5.71. The maximum atomic E-state index is 11.0. The zero-order valence-corrected chi connectivity index (χ0v) is 10.1. The van der Waals surface area contributed by atoms with Gasteiger partial charge in [-0.25, -0.2) is 0 Å². The Hall–Kier alpha value is -2.80. The highest BCUT2D eigenvalue weighted by Gasteiger charge is 2.08. The third-order valence-electron chi connectivity index (χ3n) is 2.81. The molecule has 2 rings (SSSR count). The van der Waals surface area contributed by atoms with Crippen LogP contribution in [0.25, 0.3) is 11.1 Å². The summed E-state index contributed by atoms with van der Waals surface area (Å²) in [5.41, 5.74) is 8.41. The average molecular weight is 252 g/mol. The number of nitrogens with two attached hydrogens (primary N) is 1. The Morgan fingerprint density at radius 3 is 2.47 bits per heavy atom. The van der Waals surface area contributed by atoms with Crippen LogP contribution in [-0.4, -0.2) is 10.9 Å². The maximum absolute atomic E-state index is 11.0. The molecule has 0 saturated heterocycles. The second kappa shape index (κ2) is 5.23. The van der Waals surface area contributed by atoms with Crippen molar-refractivity contribution in [3.63, 3.8) is 0 Å². The molecule has 4 heteroatoms. The molecule has 2 aromatic rings. The summed E-state index contributed by atoms with van der Waals surface area (Å²) in [6.45, 7) is 0. The highest BCUT2D eigenvalue weighted by atomic mass is 16.3. The SMILES string of the molecule is N#CC(=O)Cc1ccc(-c2c(N)cccc2O)cc1. The van der Waals surface area contributed by atoms with Crippen LogP contribution in [0.1, 0.15) is 5.56 Å². The van der Waals surface area contributed by atoms with E-state index in [0.29, 0.717) is 11.3 Å². The molecule has 0 radical (unpaired) electrons. The number of carbonyl (C=O) groups excluding carboxylic acids is 1. The number of Topliss-reactive ketones (excluding diaryl/α,β-unsaturated/α-hetero) is 1. The number of benzene rings is 2. The van der Waals surface area contributed by atoms with Gasteiger partial charge in [0.2, 0.25) is 5.78 Å². The van der Waals surface area contributed by atoms with Gasteiger partial charge >= 0.3 is 0 Å². The van der Waals surface area contributed by atoms with Crippen LogP contribution < -0.4 is 5.73 Å². The third kappa shape index (κ3) is 2.72. The van der Waals surface area contributed by atoms with E-state index in [4.69, 9.17) is 11.0 Å². The summed E-state index contributed by atoms with van der Waals surface area (Å²) in [5.74, 6) is -0.365. The van der Waals surface area contributed by atoms with E-state index in [-0.39, 0.29) is 12.2 Å². The van der Waals surface area contributed by atoms with E-state index in [1.807, 2.05) is 0 Å². The molecule has 0 spiro atoms. The van der Waals surface area contributed by atoms with Crippen molar-refractivity contribution in [1.29, 1.82) is 5.26 Å². The molecule has 2 aromatic carbocycles. The van der Waals surface area contributed by atoms with E-state index in [1.54, 1.807) is 48.5 Å². The van der Waals surface area contributed by atoms with Crippen LogP contribution in [0.15, 0.2) is 42.5 Å². The van der Waals surface area contributed by atoms with Crippen LogP contribution in [0.2, 0.25) is 0 Å². The number of hydrogen-bond donors (Lipinski definition) is 2. The van der Waals surface area contributed by atoms with Gasteiger partial charge in [0.25, 0.3) is 0 Å². The van der Waals surface area contributed by atoms with Crippen LogP contribution in [0.3, 0.4) is 0 Å². The van der Waals surface area contributed by atoms with Gasteiger partial charge in [0.05, 0.1) is 0 Å². The third-order valence-corrected chi connectivity index (χ3v) is 2.81. The van der Waals surface area contributed by atoms with Crippen molar-refractivity contribution in [3.05, 3.63) is 48.0 Å². The number of hydrogen-bond acceptors (Lipinski definition) is 4. The number of carbonyl (C=O) groups is 1. The Balaban J connectivity index is 2.33. The van der Waals surface area contributed by atoms with E-state index in [2.05, 4.69) is 0 Å². The largest absolute Gasteiger partial charge is 0.507 e. The lowest BCUT2D eigenvalue weighted by atomic mass is 10.00. The quantitative estimate of drug-likeness (QED) is 0.648. The van der Waals surface area contributed by atoms with E-state index >= 15 is 0 Å². The van der Waals surface area contributed by atoms with E-state index in [0.717, 1.165) is 11.1 Å². The van der Waals surface area contributed by atoms with Crippen molar-refractivity contribution in [2.24, 2.45) is 0 Å². The fraction of sp³-hybridized carbons (Fsp3) is 0.0667. The van der Waals surface area contributed by atoms with Crippen molar-refractivity contribution >= 4 is 11.5 Å². The molecule has 0 amide bonds. The lowest BCUT2D eigenvalue weighted by Crippen LogP contribution is -1.98. The Bertz CT molecular complexity index is 635. The predicted octanol–water partition coefficient (Wildman–Crippen LogP) is 2.28. The van der Waals surface area contributed by atoms with E-state index in [1.165, 1.54) is 0 Å². The zero-order valence-electron chi connectivity index (χ0n) is 10.1. The first-order valence-electron chi connectivity index (χ1n) is 5.71. The Kier molecular flexibility index (Phi) is 3.48. The maximum Gasteiger partial charge on any atom is 0.236 e. The molecule has 0 aliphatic rings. The summed E-state index contributed by atoms with van der Waals surface area (Å²) in [6.07, 6.45) is 0.0903. The summed E-state index contributed by atoms with van der Waals surface area (Å²) in [6, 6.07) is 13.6. The smallest absolute Gasteiger partial charge is 0.236 e. The molecular formula is C15H12N2O2. The molecular weight excluding hydrogens is 240 g/mol. The average Bonchev–Trinajstić information content (AvgIpc) is 2.40. The van der Waals surface area contributed by atoms with Gasteiger partial charge in [0.15, 0.2) is 0 Å². The number of nitrogens with zero attached hydrogens (tertiary/aromatic N) is 1. The van der Waals surface area contributed by atoms with Gasteiger partial charge in [-0.1, -0.05) is 30.3 Å². The normalized spacial score (nSPS) is 9.84. The highest BCUT2D eigenvalue weighted by molar-refractivity contribution is 5.95. The zero-order chi connectivity index (χ0) is 13.8. The van der Waals surface area contributed by atoms with Crippen molar-refractivity contribution in [1.82, 2.24) is 0 Å². The standard InChI is InChI=1S/C15H12N2O2/c16-9-12(18)8-10-4-6-11(7-5-10)15-13(17)2-1-3-14(15)19/h1-7,19H,8,17H2. The first kappa shape index (κ1) is 12.7. The number of nitriles is 1. The summed E-state index contributed by atoms with van der Waals surface area (Å²) >= 11 is 0. The van der Waals surface area contributed by atoms with Crippen molar-refractivity contribution < 1.29 is 9.90 Å². The molecule has 0 atom stereocenters. The summed E-state index contributed by atoms with van der Waals surface area (Å²) in [5, 5.41) is 18.3. The summed E-state index contributed by atoms with van der Waals surface area (Å²) in [7, 11) is 0. The van der Waals surface area contributed by atoms with Gasteiger partial charge < -0.3 is 10.8 Å². The molecule has 0 saturated carbocycles. The van der Waals surface area contributed by atoms with Crippen LogP contribution in [0.4, 0.5) is 5.69 Å². The molecule has 0 bridgehead atoms. The minimum atomic E-state index is -0.477. The van der Waals surface area contributed by atoms with Crippen molar-refractivity contribution in [3.8, 4) is 22.9 Å². The minimum absolute atomic E-state index is 0.0903. The highest BCUT2D eigenvalue weighted by Crippen LogP contribution is 2.34. The van der Waals surface area contributed by atoms with Gasteiger partial charge in [-0.15, -0.1) is 0 Å². The Morgan fingerprint density at radius 2 is 1.89 bits per heavy atom. The first-order chi connectivity index (χ1) is 9.11. The van der Waals surface area contributed by atoms with Gasteiger partial charge in [0, 0.05) is 17.7 Å². The topological polar surface area (TPSA) is 87.1 Å². The summed E-state index contributed by atoms with van der Waals surface area (Å²) in [4.78, 5) is 11.0. The van der Waals surface area contributed by atoms with Gasteiger partial charge in [-0.2, -0.15) is 5.26 Å². The predicted molar refractivity (Wildman–Crippen MR) is 72.3 cm³/mol. The van der Waals surface area contributed by atoms with E-state index in [9.17, 15) is 9.90 Å². The van der Waals surface area contributed by atoms with Gasteiger partial charge in [-0.3, -0.25) is 4.79 Å². The number of ketones is 1. The molecule has 19 heavy (non-hydrogen) atoms. The number of aromatic hydroxyl groups is 1. The Morgan fingerprint density at radius 1 is 1.21 bits per heavy atom. The fourth-order valence-electron chi connectivity index (χ4n) is 1.89. The molecule has 4 nitrogen and oxygen atoms in total. The summed E-state index contributed by atoms with van der Waals surface area (Å²) < 4.78 is 0. The number of phenolic OH excluding ortho intramolecular Hbond substituents is 1. The molecule has 0 aromatic heterocycles. The number of nitrogen functional groups attached to an aromatic ring is 1. The Labute approximate surface area is 110 Å². The molecule has 0 aliphatic carbocycles. The fourth-order valence-corrected chi connectivity index (χ4v) is 1.89. The van der Waals surface area contributed by atoms with Crippen molar-refractivity contribution in [2.45, 2.75) is 6.42 Å². The lowest BCUT2D eigenvalue weighted by molar-refractivity contribution is -0.113. The van der Waals surface area contributed by atoms with Gasteiger partial charge in [-0.05, 0) is 23.3 Å². The number of rotatable bonds is 3. The molecule has 0 heterocycles. The monoisotopic (exact) mass is 252 g/mol. The van der Waals surface area contributed by atoms with Crippen LogP contribution in [0.5, 0.6) is 5.75 Å². The lowest BCUT2D eigenvalue weighted by Gasteiger charge is -2.08. The van der Waals surface area contributed by atoms with E-state index < -0.39 is 5.78 Å². The number of phenols is 1. The van der Waals surface area contributed by atoms with Gasteiger partial charge in [0.1, 0.15) is 11.8 Å². The number of anilines is 1. The van der Waals surface area contributed by atoms with Crippen LogP contribution in [0, 0.1) is 11.3 Å². The molecule has 94 valence electrons. The second-order valence-electron chi connectivity index (χ2n) is 4.15. The van der Waals surface area contributed by atoms with Crippen molar-refractivity contribution in [2.75, 3.05) is 5.73 Å². The van der Waals surface area contributed by atoms with Crippen LogP contribution >= 0.6 is 0 Å². The molecule has 0 aliphatic heterocycles.